The van der Waals surface area contributed by atoms with Gasteiger partial charge in [0, 0.05) is 69.0 Å². The Kier molecular flexibility index (Phi) is 5.13. The van der Waals surface area contributed by atoms with Crippen LogP contribution in [-0.4, -0.2) is 55.9 Å². The van der Waals surface area contributed by atoms with Gasteiger partial charge in [-0.3, -0.25) is 4.79 Å². The molecule has 0 unspecified atom stereocenters. The van der Waals surface area contributed by atoms with Gasteiger partial charge in [0.25, 0.3) is 0 Å². The largest absolute Gasteiger partial charge is 0.343 e. The molecule has 0 bridgehead atoms. The van der Waals surface area contributed by atoms with Crippen molar-refractivity contribution in [2.24, 2.45) is 0 Å². The van der Waals surface area contributed by atoms with E-state index in [2.05, 4.69) is 37.7 Å². The van der Waals surface area contributed by atoms with Gasteiger partial charge in [-0.2, -0.15) is 4.37 Å². The average molecular weight is 348 g/mol. The molecular formula is C16H24N6OS. The fourth-order valence-electron chi connectivity index (χ4n) is 2.95. The molecule has 8 heteroatoms. The van der Waals surface area contributed by atoms with Gasteiger partial charge in [0.1, 0.15) is 11.6 Å². The normalized spacial score (nSPS) is 15.3. The molecule has 1 amide bonds. The minimum absolute atomic E-state index is 0.214. The van der Waals surface area contributed by atoms with Crippen LogP contribution in [0.4, 0.5) is 5.13 Å². The molecule has 130 valence electrons. The lowest BCUT2D eigenvalue weighted by atomic mass is 10.2. The Morgan fingerprint density at radius 2 is 2.04 bits per heavy atom. The van der Waals surface area contributed by atoms with Crippen molar-refractivity contribution in [2.45, 2.75) is 39.7 Å². The zero-order valence-corrected chi connectivity index (χ0v) is 15.3. The maximum absolute atomic E-state index is 12.5. The molecule has 2 aromatic heterocycles. The van der Waals surface area contributed by atoms with Gasteiger partial charge in [0.05, 0.1) is 0 Å². The van der Waals surface area contributed by atoms with E-state index in [-0.39, 0.29) is 5.91 Å². The summed E-state index contributed by atoms with van der Waals surface area (Å²) in [6.45, 7) is 9.98. The highest BCUT2D eigenvalue weighted by atomic mass is 32.1. The Labute approximate surface area is 146 Å². The van der Waals surface area contributed by atoms with Crippen LogP contribution in [0, 0.1) is 6.92 Å². The quantitative estimate of drug-likeness (QED) is 0.826. The molecule has 24 heavy (non-hydrogen) atoms. The lowest BCUT2D eigenvalue weighted by Crippen LogP contribution is -2.49. The highest BCUT2D eigenvalue weighted by Gasteiger charge is 2.23. The van der Waals surface area contributed by atoms with E-state index >= 15 is 0 Å². The predicted octanol–water partition coefficient (Wildman–Crippen LogP) is 1.91. The molecule has 2 aromatic rings. The van der Waals surface area contributed by atoms with Crippen LogP contribution < -0.4 is 4.90 Å². The number of amides is 1. The van der Waals surface area contributed by atoms with Crippen molar-refractivity contribution in [3.63, 3.8) is 0 Å². The Bertz CT molecular complexity index is 686. The number of hydrogen-bond acceptors (Lipinski definition) is 6. The van der Waals surface area contributed by atoms with Crippen molar-refractivity contribution in [3.05, 3.63) is 24.0 Å². The van der Waals surface area contributed by atoms with Gasteiger partial charge in [0.2, 0.25) is 11.0 Å². The zero-order chi connectivity index (χ0) is 17.1. The first-order valence-electron chi connectivity index (χ1n) is 8.38. The molecule has 1 aliphatic rings. The van der Waals surface area contributed by atoms with E-state index in [1.54, 1.807) is 0 Å². The first-order chi connectivity index (χ1) is 11.5. The topological polar surface area (TPSA) is 67.2 Å². The molecule has 3 rings (SSSR count). The van der Waals surface area contributed by atoms with E-state index in [0.717, 1.165) is 43.0 Å². The molecule has 7 nitrogen and oxygen atoms in total. The summed E-state index contributed by atoms with van der Waals surface area (Å²) in [4.78, 5) is 25.4. The number of carbonyl (C=O) groups is 1. The Morgan fingerprint density at radius 3 is 2.67 bits per heavy atom. The molecule has 0 N–H and O–H groups in total. The summed E-state index contributed by atoms with van der Waals surface area (Å²) >= 11 is 1.43. The molecule has 1 saturated heterocycles. The summed E-state index contributed by atoms with van der Waals surface area (Å²) in [5.41, 5.74) is 0. The van der Waals surface area contributed by atoms with E-state index < -0.39 is 0 Å². The summed E-state index contributed by atoms with van der Waals surface area (Å²) < 4.78 is 6.31. The maximum atomic E-state index is 12.5. The Hall–Kier alpha value is -1.96. The summed E-state index contributed by atoms with van der Waals surface area (Å²) in [6, 6.07) is 0. The molecule has 0 radical (unpaired) electrons. The number of rotatable bonds is 5. The van der Waals surface area contributed by atoms with E-state index in [0.29, 0.717) is 18.9 Å². The van der Waals surface area contributed by atoms with Crippen LogP contribution in [0.1, 0.15) is 37.8 Å². The van der Waals surface area contributed by atoms with Gasteiger partial charge < -0.3 is 14.4 Å². The smallest absolute Gasteiger partial charge is 0.224 e. The maximum Gasteiger partial charge on any atom is 0.224 e. The van der Waals surface area contributed by atoms with Crippen molar-refractivity contribution in [2.75, 3.05) is 31.1 Å². The SMILES string of the molecule is Cc1nsc(N2CCN(C(=O)CCn3ccnc3C(C)C)CC2)n1. The number of anilines is 1. The Balaban J connectivity index is 1.49. The molecule has 0 aromatic carbocycles. The number of imidazole rings is 1. The van der Waals surface area contributed by atoms with Gasteiger partial charge in [-0.1, -0.05) is 13.8 Å². The van der Waals surface area contributed by atoms with Crippen molar-refractivity contribution < 1.29 is 4.79 Å². The number of aryl methyl sites for hydroxylation is 2. The van der Waals surface area contributed by atoms with Crippen LogP contribution in [0.15, 0.2) is 12.4 Å². The molecule has 1 fully saturated rings. The standard InChI is InChI=1S/C16H24N6OS/c1-12(2)15-17-5-7-21(15)6-4-14(23)20-8-10-22(11-9-20)16-18-13(3)19-24-16/h5,7,12H,4,6,8-11H2,1-3H3. The number of aromatic nitrogens is 4. The van der Waals surface area contributed by atoms with E-state index in [9.17, 15) is 4.79 Å². The fraction of sp³-hybridized carbons (Fsp3) is 0.625. The second kappa shape index (κ2) is 7.29. The molecule has 1 aliphatic heterocycles. The number of piperazine rings is 1. The van der Waals surface area contributed by atoms with E-state index in [1.165, 1.54) is 11.5 Å². The second-order valence-electron chi connectivity index (χ2n) is 6.38. The second-order valence-corrected chi connectivity index (χ2v) is 7.11. The third-order valence-corrected chi connectivity index (χ3v) is 5.12. The highest BCUT2D eigenvalue weighted by molar-refractivity contribution is 7.09. The van der Waals surface area contributed by atoms with Crippen LogP contribution in [0.2, 0.25) is 0 Å². The lowest BCUT2D eigenvalue weighted by Gasteiger charge is -2.34. The monoisotopic (exact) mass is 348 g/mol. The number of nitrogens with zero attached hydrogens (tertiary/aromatic N) is 6. The third-order valence-electron chi connectivity index (χ3n) is 4.25. The van der Waals surface area contributed by atoms with Gasteiger partial charge in [-0.25, -0.2) is 9.97 Å². The lowest BCUT2D eigenvalue weighted by molar-refractivity contribution is -0.131. The number of hydrogen-bond donors (Lipinski definition) is 0. The summed E-state index contributed by atoms with van der Waals surface area (Å²) in [5, 5.41) is 0.958. The summed E-state index contributed by atoms with van der Waals surface area (Å²) in [6.07, 6.45) is 4.29. The molecule has 3 heterocycles. The van der Waals surface area contributed by atoms with Gasteiger partial charge in [-0.15, -0.1) is 0 Å². The van der Waals surface area contributed by atoms with Crippen LogP contribution in [0.5, 0.6) is 0 Å². The van der Waals surface area contributed by atoms with Crippen LogP contribution >= 0.6 is 11.5 Å². The van der Waals surface area contributed by atoms with E-state index in [4.69, 9.17) is 0 Å². The number of carbonyl (C=O) groups excluding carboxylic acids is 1. The molecular weight excluding hydrogens is 324 g/mol. The van der Waals surface area contributed by atoms with Gasteiger partial charge in [-0.05, 0) is 6.92 Å². The van der Waals surface area contributed by atoms with Crippen molar-refractivity contribution >= 4 is 22.6 Å². The fourth-order valence-corrected chi connectivity index (χ4v) is 3.67. The van der Waals surface area contributed by atoms with Crippen molar-refractivity contribution in [3.8, 4) is 0 Å². The minimum Gasteiger partial charge on any atom is -0.343 e. The van der Waals surface area contributed by atoms with Gasteiger partial charge in [0.15, 0.2) is 0 Å². The van der Waals surface area contributed by atoms with Crippen molar-refractivity contribution in [1.29, 1.82) is 0 Å². The molecule has 0 aliphatic carbocycles. The summed E-state index contributed by atoms with van der Waals surface area (Å²) in [7, 11) is 0. The first-order valence-corrected chi connectivity index (χ1v) is 9.16. The minimum atomic E-state index is 0.214. The summed E-state index contributed by atoms with van der Waals surface area (Å²) in [5.74, 6) is 2.44. The molecule has 0 saturated carbocycles. The van der Waals surface area contributed by atoms with Crippen LogP contribution in [0.25, 0.3) is 0 Å². The van der Waals surface area contributed by atoms with Crippen LogP contribution in [0.3, 0.4) is 0 Å². The third kappa shape index (κ3) is 3.75. The molecule has 0 spiro atoms. The zero-order valence-electron chi connectivity index (χ0n) is 14.5. The highest BCUT2D eigenvalue weighted by Crippen LogP contribution is 2.19. The van der Waals surface area contributed by atoms with Gasteiger partial charge >= 0.3 is 0 Å². The Morgan fingerprint density at radius 1 is 1.29 bits per heavy atom. The van der Waals surface area contributed by atoms with Crippen molar-refractivity contribution in [1.82, 2.24) is 23.8 Å². The van der Waals surface area contributed by atoms with Crippen LogP contribution in [-0.2, 0) is 11.3 Å². The predicted molar refractivity (Wildman–Crippen MR) is 94.4 cm³/mol. The average Bonchev–Trinajstić information content (AvgIpc) is 3.21. The van der Waals surface area contributed by atoms with E-state index in [1.807, 2.05) is 24.2 Å². The first kappa shape index (κ1) is 16.9. The molecule has 0 atom stereocenters.